The maximum Gasteiger partial charge on any atom is 0.335 e. The van der Waals surface area contributed by atoms with Gasteiger partial charge in [0.2, 0.25) is 5.89 Å². The van der Waals surface area contributed by atoms with Crippen LogP contribution in [0.5, 0.6) is 0 Å². The number of imidazole rings is 1. The number of nitrogens with one attached hydrogen (secondary N) is 1. The molecule has 2 aromatic heterocycles. The van der Waals surface area contributed by atoms with Crippen molar-refractivity contribution in [2.24, 2.45) is 23.2 Å². The summed E-state index contributed by atoms with van der Waals surface area (Å²) in [5.41, 5.74) is 6.10. The van der Waals surface area contributed by atoms with Crippen LogP contribution >= 0.6 is 0 Å². The largest absolute Gasteiger partial charge is 0.478 e. The highest BCUT2D eigenvalue weighted by atomic mass is 16.4. The number of aromatic carboxylic acids is 1. The van der Waals surface area contributed by atoms with E-state index in [4.69, 9.17) is 14.4 Å². The van der Waals surface area contributed by atoms with Gasteiger partial charge in [-0.25, -0.2) is 14.8 Å². The number of hydrogen-bond acceptors (Lipinski definition) is 4. The number of rotatable bonds is 7. The van der Waals surface area contributed by atoms with E-state index in [9.17, 15) is 9.90 Å². The van der Waals surface area contributed by atoms with Crippen LogP contribution in [0.2, 0.25) is 0 Å². The molecule has 0 amide bonds. The van der Waals surface area contributed by atoms with Crippen molar-refractivity contribution in [3.05, 3.63) is 71.6 Å². The number of benzene rings is 2. The molecule has 38 heavy (non-hydrogen) atoms. The van der Waals surface area contributed by atoms with Crippen LogP contribution in [-0.2, 0) is 6.42 Å². The van der Waals surface area contributed by atoms with E-state index in [-0.39, 0.29) is 5.56 Å². The first-order valence-corrected chi connectivity index (χ1v) is 13.9. The van der Waals surface area contributed by atoms with Crippen molar-refractivity contribution in [1.82, 2.24) is 15.0 Å². The van der Waals surface area contributed by atoms with Gasteiger partial charge in [0.15, 0.2) is 0 Å². The number of carboxylic acids is 1. The summed E-state index contributed by atoms with van der Waals surface area (Å²) in [6.45, 7) is 2.10. The molecule has 2 aromatic carbocycles. The molecule has 194 valence electrons. The molecule has 4 aliphatic carbocycles. The highest BCUT2D eigenvalue weighted by molar-refractivity contribution is 5.89. The number of aryl methyl sites for hydroxylation is 2. The van der Waals surface area contributed by atoms with Gasteiger partial charge in [-0.2, -0.15) is 0 Å². The standard InChI is InChI=1S/C32H33N3O3/c1-19-5-2-3-8-25(19)29-33-26(9-10-32-15-20-11-21(16-32)13-22(12-20)17-32)28(35-29)30-34-27(18-38-30)23-6-4-7-24(14-23)31(36)37/h2-8,14,18,20-22H,9-13,15-17H2,1H3,(H,33,35)(H,36,37). The molecule has 4 bridgehead atoms. The highest BCUT2D eigenvalue weighted by Gasteiger charge is 2.50. The maximum atomic E-state index is 11.5. The van der Waals surface area contributed by atoms with Crippen LogP contribution in [-0.4, -0.2) is 26.0 Å². The van der Waals surface area contributed by atoms with Gasteiger partial charge < -0.3 is 14.5 Å². The fourth-order valence-electron chi connectivity index (χ4n) is 8.05. The molecule has 6 heteroatoms. The zero-order chi connectivity index (χ0) is 25.9. The minimum absolute atomic E-state index is 0.227. The lowest BCUT2D eigenvalue weighted by Crippen LogP contribution is -2.46. The van der Waals surface area contributed by atoms with Crippen molar-refractivity contribution in [1.29, 1.82) is 0 Å². The van der Waals surface area contributed by atoms with Gasteiger partial charge >= 0.3 is 5.97 Å². The molecule has 8 rings (SSSR count). The van der Waals surface area contributed by atoms with Crippen LogP contribution in [0, 0.1) is 30.1 Å². The van der Waals surface area contributed by atoms with E-state index in [1.807, 2.05) is 18.2 Å². The van der Waals surface area contributed by atoms with Crippen LogP contribution in [0.3, 0.4) is 0 Å². The minimum Gasteiger partial charge on any atom is -0.478 e. The average molecular weight is 508 g/mol. The quantitative estimate of drug-likeness (QED) is 0.269. The Labute approximate surface area is 222 Å². The highest BCUT2D eigenvalue weighted by Crippen LogP contribution is 2.61. The molecular formula is C32H33N3O3. The van der Waals surface area contributed by atoms with Gasteiger partial charge in [0.25, 0.3) is 0 Å². The molecule has 0 saturated heterocycles. The number of H-pyrrole nitrogens is 1. The van der Waals surface area contributed by atoms with Crippen LogP contribution in [0.25, 0.3) is 34.2 Å². The van der Waals surface area contributed by atoms with Crippen LogP contribution < -0.4 is 0 Å². The van der Waals surface area contributed by atoms with Crippen molar-refractivity contribution in [3.63, 3.8) is 0 Å². The lowest BCUT2D eigenvalue weighted by molar-refractivity contribution is -0.0570. The first-order valence-electron chi connectivity index (χ1n) is 13.9. The lowest BCUT2D eigenvalue weighted by Gasteiger charge is -2.57. The molecule has 0 unspecified atom stereocenters. The molecule has 0 aliphatic heterocycles. The Morgan fingerprint density at radius 1 is 1.03 bits per heavy atom. The predicted molar refractivity (Wildman–Crippen MR) is 146 cm³/mol. The Morgan fingerprint density at radius 3 is 2.47 bits per heavy atom. The predicted octanol–water partition coefficient (Wildman–Crippen LogP) is 7.55. The smallest absolute Gasteiger partial charge is 0.335 e. The van der Waals surface area contributed by atoms with Gasteiger partial charge in [-0.15, -0.1) is 0 Å². The first kappa shape index (κ1) is 23.4. The number of aromatic amines is 1. The summed E-state index contributed by atoms with van der Waals surface area (Å²) in [5, 5.41) is 9.40. The van der Waals surface area contributed by atoms with Gasteiger partial charge in [0.1, 0.15) is 23.5 Å². The number of carbonyl (C=O) groups is 1. The summed E-state index contributed by atoms with van der Waals surface area (Å²) < 4.78 is 5.98. The summed E-state index contributed by atoms with van der Waals surface area (Å²) in [7, 11) is 0. The Morgan fingerprint density at radius 2 is 1.76 bits per heavy atom. The van der Waals surface area contributed by atoms with Gasteiger partial charge in [0.05, 0.1) is 5.56 Å². The van der Waals surface area contributed by atoms with Crippen molar-refractivity contribution < 1.29 is 14.3 Å². The Kier molecular flexibility index (Phi) is 5.53. The number of nitrogens with zero attached hydrogens (tertiary/aromatic N) is 2. The second-order valence-electron chi connectivity index (χ2n) is 12.1. The normalized spacial score (nSPS) is 25.7. The summed E-state index contributed by atoms with van der Waals surface area (Å²) >= 11 is 0. The van der Waals surface area contributed by atoms with E-state index in [0.29, 0.717) is 22.6 Å². The molecule has 4 fully saturated rings. The zero-order valence-corrected chi connectivity index (χ0v) is 21.7. The topological polar surface area (TPSA) is 92.0 Å². The van der Waals surface area contributed by atoms with Crippen LogP contribution in [0.1, 0.15) is 66.6 Å². The van der Waals surface area contributed by atoms with Gasteiger partial charge in [-0.1, -0.05) is 36.4 Å². The van der Waals surface area contributed by atoms with E-state index in [2.05, 4.69) is 24.0 Å². The third kappa shape index (κ3) is 4.16. The fourth-order valence-corrected chi connectivity index (χ4v) is 8.05. The van der Waals surface area contributed by atoms with E-state index < -0.39 is 5.97 Å². The molecule has 0 spiro atoms. The molecule has 4 aliphatic rings. The average Bonchev–Trinajstić information content (AvgIpc) is 3.55. The summed E-state index contributed by atoms with van der Waals surface area (Å²) in [5.74, 6) is 3.14. The summed E-state index contributed by atoms with van der Waals surface area (Å²) in [6, 6.07) is 15.1. The van der Waals surface area contributed by atoms with Crippen molar-refractivity contribution in [3.8, 4) is 34.2 Å². The molecule has 2 N–H and O–H groups in total. The third-order valence-electron chi connectivity index (χ3n) is 9.36. The molecular weight excluding hydrogens is 474 g/mol. The molecule has 0 atom stereocenters. The zero-order valence-electron chi connectivity index (χ0n) is 21.7. The maximum absolute atomic E-state index is 11.5. The number of hydrogen-bond donors (Lipinski definition) is 2. The monoisotopic (exact) mass is 507 g/mol. The third-order valence-corrected chi connectivity index (χ3v) is 9.36. The number of carboxylic acid groups (broad SMARTS) is 1. The summed E-state index contributed by atoms with van der Waals surface area (Å²) in [4.78, 5) is 24.9. The van der Waals surface area contributed by atoms with E-state index in [1.165, 1.54) is 50.5 Å². The minimum atomic E-state index is -0.960. The molecule has 6 nitrogen and oxygen atoms in total. The van der Waals surface area contributed by atoms with Crippen LogP contribution in [0.15, 0.2) is 59.2 Å². The number of aromatic nitrogens is 3. The van der Waals surface area contributed by atoms with Crippen molar-refractivity contribution in [2.45, 2.75) is 58.3 Å². The Bertz CT molecular complexity index is 1480. The van der Waals surface area contributed by atoms with Crippen LogP contribution in [0.4, 0.5) is 0 Å². The van der Waals surface area contributed by atoms with Gasteiger partial charge in [0, 0.05) is 16.8 Å². The second-order valence-corrected chi connectivity index (χ2v) is 12.1. The molecule has 4 aromatic rings. The lowest BCUT2D eigenvalue weighted by atomic mass is 9.48. The number of oxazole rings is 1. The van der Waals surface area contributed by atoms with E-state index >= 15 is 0 Å². The van der Waals surface area contributed by atoms with Crippen molar-refractivity contribution >= 4 is 5.97 Å². The Hall–Kier alpha value is -3.67. The van der Waals surface area contributed by atoms with Gasteiger partial charge in [-0.05, 0) is 99.2 Å². The van der Waals surface area contributed by atoms with Gasteiger partial charge in [-0.3, -0.25) is 0 Å². The second kappa shape index (κ2) is 8.97. The SMILES string of the molecule is Cc1ccccc1-c1nc(-c2nc(-c3cccc(C(=O)O)c3)co2)c(CCC23CC4CC(CC(C4)C2)C3)[nH]1. The molecule has 4 saturated carbocycles. The molecule has 2 heterocycles. The Balaban J connectivity index is 1.23. The van der Waals surface area contributed by atoms with E-state index in [0.717, 1.165) is 47.0 Å². The van der Waals surface area contributed by atoms with Crippen molar-refractivity contribution in [2.75, 3.05) is 0 Å². The molecule has 0 radical (unpaired) electrons. The fraction of sp³-hybridized carbons (Fsp3) is 0.406. The summed E-state index contributed by atoms with van der Waals surface area (Å²) in [6.07, 6.45) is 12.2. The van der Waals surface area contributed by atoms with E-state index in [1.54, 1.807) is 24.5 Å². The first-order chi connectivity index (χ1) is 18.4.